The first-order valence-corrected chi connectivity index (χ1v) is 5.01. The summed E-state index contributed by atoms with van der Waals surface area (Å²) < 4.78 is 0. The Balaban J connectivity index is 2.15. The summed E-state index contributed by atoms with van der Waals surface area (Å²) in [4.78, 5) is 15.3. The number of rotatable bonds is 2. The maximum absolute atomic E-state index is 11.5. The third-order valence-electron chi connectivity index (χ3n) is 2.36. The lowest BCUT2D eigenvalue weighted by molar-refractivity contribution is 0.242. The normalized spacial score (nSPS) is 13.6. The number of carbonyl (C=O) groups is 1. The Morgan fingerprint density at radius 2 is 2.00 bits per heavy atom. The highest BCUT2D eigenvalue weighted by atomic mass is 16.2. The second-order valence-corrected chi connectivity index (χ2v) is 3.83. The number of carbonyl (C=O) groups excluding carboxylic acids is 1. The van der Waals surface area contributed by atoms with Crippen molar-refractivity contribution in [3.8, 4) is 0 Å². The molecule has 4 nitrogen and oxygen atoms in total. The summed E-state index contributed by atoms with van der Waals surface area (Å²) in [6.45, 7) is 1.74. The minimum absolute atomic E-state index is 0.00991. The van der Waals surface area contributed by atoms with Gasteiger partial charge in [0.25, 0.3) is 0 Å². The van der Waals surface area contributed by atoms with Gasteiger partial charge in [0.1, 0.15) is 0 Å². The van der Waals surface area contributed by atoms with Crippen molar-refractivity contribution in [3.05, 3.63) is 24.3 Å². The second-order valence-electron chi connectivity index (χ2n) is 3.83. The molecule has 0 bridgehead atoms. The van der Waals surface area contributed by atoms with Crippen LogP contribution >= 0.6 is 0 Å². The Morgan fingerprint density at radius 3 is 2.60 bits per heavy atom. The van der Waals surface area contributed by atoms with Crippen molar-refractivity contribution >= 4 is 17.4 Å². The molecule has 15 heavy (non-hydrogen) atoms. The fourth-order valence-corrected chi connectivity index (χ4v) is 1.42. The molecule has 0 unspecified atom stereocenters. The molecule has 1 fully saturated rings. The summed E-state index contributed by atoms with van der Waals surface area (Å²) in [7, 11) is 3.92. The molecule has 0 saturated carbocycles. The van der Waals surface area contributed by atoms with Gasteiger partial charge < -0.3 is 15.1 Å². The van der Waals surface area contributed by atoms with E-state index in [1.165, 1.54) is 0 Å². The highest BCUT2D eigenvalue weighted by Crippen LogP contribution is 2.24. The van der Waals surface area contributed by atoms with Crippen LogP contribution < -0.4 is 10.2 Å². The molecule has 0 atom stereocenters. The number of nitrogens with one attached hydrogen (secondary N) is 1. The van der Waals surface area contributed by atoms with E-state index in [0.717, 1.165) is 24.5 Å². The standard InChI is InChI=1S/C11H15N3O/c1-13(2)10-6-4-3-5-9(10)12-11(15)14-7-8-14/h3-6H,7-8H2,1-2H3,(H,12,15). The van der Waals surface area contributed by atoms with Crippen molar-refractivity contribution < 1.29 is 4.79 Å². The van der Waals surface area contributed by atoms with E-state index in [1.807, 2.05) is 43.3 Å². The van der Waals surface area contributed by atoms with Crippen LogP contribution in [0, 0.1) is 0 Å². The molecule has 0 aromatic heterocycles. The van der Waals surface area contributed by atoms with Crippen LogP contribution in [0.4, 0.5) is 16.2 Å². The van der Waals surface area contributed by atoms with E-state index in [0.29, 0.717) is 0 Å². The first kappa shape index (κ1) is 9.83. The van der Waals surface area contributed by atoms with Crippen LogP contribution in [-0.2, 0) is 0 Å². The van der Waals surface area contributed by atoms with Crippen molar-refractivity contribution in [1.82, 2.24) is 4.90 Å². The van der Waals surface area contributed by atoms with Crippen LogP contribution in [-0.4, -0.2) is 38.1 Å². The predicted octanol–water partition coefficient (Wildman–Crippen LogP) is 1.60. The largest absolute Gasteiger partial charge is 0.376 e. The van der Waals surface area contributed by atoms with Crippen LogP contribution in [0.1, 0.15) is 0 Å². The van der Waals surface area contributed by atoms with E-state index in [-0.39, 0.29) is 6.03 Å². The van der Waals surface area contributed by atoms with Gasteiger partial charge >= 0.3 is 6.03 Å². The summed E-state index contributed by atoms with van der Waals surface area (Å²) in [6, 6.07) is 7.77. The van der Waals surface area contributed by atoms with Gasteiger partial charge in [-0.2, -0.15) is 0 Å². The van der Waals surface area contributed by atoms with Crippen LogP contribution in [0.25, 0.3) is 0 Å². The fourth-order valence-electron chi connectivity index (χ4n) is 1.42. The third kappa shape index (κ3) is 2.21. The molecule has 1 aliphatic rings. The van der Waals surface area contributed by atoms with Crippen LogP contribution in [0.2, 0.25) is 0 Å². The molecule has 0 aliphatic carbocycles. The number of hydrogen-bond acceptors (Lipinski definition) is 2. The molecule has 1 aromatic rings. The lowest BCUT2D eigenvalue weighted by Gasteiger charge is -2.17. The summed E-state index contributed by atoms with van der Waals surface area (Å²) in [5.41, 5.74) is 1.88. The maximum Gasteiger partial charge on any atom is 0.322 e. The van der Waals surface area contributed by atoms with E-state index in [1.54, 1.807) is 4.90 Å². The molecule has 4 heteroatoms. The zero-order chi connectivity index (χ0) is 10.8. The third-order valence-corrected chi connectivity index (χ3v) is 2.36. The molecule has 1 heterocycles. The molecular formula is C11H15N3O. The number of urea groups is 1. The van der Waals surface area contributed by atoms with Gasteiger partial charge in [-0.15, -0.1) is 0 Å². The number of amides is 2. The summed E-state index contributed by atoms with van der Waals surface area (Å²) >= 11 is 0. The van der Waals surface area contributed by atoms with Crippen molar-refractivity contribution in [2.24, 2.45) is 0 Å². The number of hydrogen-bond donors (Lipinski definition) is 1. The maximum atomic E-state index is 11.5. The molecule has 1 N–H and O–H groups in total. The first-order valence-electron chi connectivity index (χ1n) is 5.01. The molecule has 1 aliphatic heterocycles. The Morgan fingerprint density at radius 1 is 1.33 bits per heavy atom. The van der Waals surface area contributed by atoms with Gasteiger partial charge in [0.2, 0.25) is 0 Å². The molecule has 0 radical (unpaired) electrons. The molecule has 2 amide bonds. The quantitative estimate of drug-likeness (QED) is 0.744. The highest BCUT2D eigenvalue weighted by Gasteiger charge is 2.24. The summed E-state index contributed by atoms with van der Waals surface area (Å²) in [6.07, 6.45) is 0. The van der Waals surface area contributed by atoms with Crippen LogP contribution in [0.15, 0.2) is 24.3 Å². The molecular weight excluding hydrogens is 190 g/mol. The number of benzene rings is 1. The Bertz CT molecular complexity index is 372. The minimum atomic E-state index is -0.00991. The van der Waals surface area contributed by atoms with Crippen molar-refractivity contribution in [2.75, 3.05) is 37.4 Å². The average Bonchev–Trinajstić information content (AvgIpc) is 3.01. The Kier molecular flexibility index (Phi) is 2.49. The second kappa shape index (κ2) is 3.81. The van der Waals surface area contributed by atoms with Crippen LogP contribution in [0.3, 0.4) is 0 Å². The molecule has 1 aromatic carbocycles. The molecule has 80 valence electrons. The van der Waals surface area contributed by atoms with E-state index in [2.05, 4.69) is 5.32 Å². The zero-order valence-electron chi connectivity index (χ0n) is 9.03. The number of nitrogens with zero attached hydrogens (tertiary/aromatic N) is 2. The van der Waals surface area contributed by atoms with Crippen molar-refractivity contribution in [3.63, 3.8) is 0 Å². The van der Waals surface area contributed by atoms with E-state index < -0.39 is 0 Å². The van der Waals surface area contributed by atoms with Crippen molar-refractivity contribution in [1.29, 1.82) is 0 Å². The van der Waals surface area contributed by atoms with Gasteiger partial charge in [0, 0.05) is 27.2 Å². The van der Waals surface area contributed by atoms with E-state index in [9.17, 15) is 4.79 Å². The molecule has 2 rings (SSSR count). The van der Waals surface area contributed by atoms with Gasteiger partial charge in [-0.25, -0.2) is 4.79 Å². The highest BCUT2D eigenvalue weighted by molar-refractivity contribution is 5.94. The summed E-state index contributed by atoms with van der Waals surface area (Å²) in [5.74, 6) is 0. The van der Waals surface area contributed by atoms with Gasteiger partial charge in [0.15, 0.2) is 0 Å². The van der Waals surface area contributed by atoms with Gasteiger partial charge in [-0.1, -0.05) is 12.1 Å². The average molecular weight is 205 g/mol. The van der Waals surface area contributed by atoms with Crippen molar-refractivity contribution in [2.45, 2.75) is 0 Å². The van der Waals surface area contributed by atoms with Gasteiger partial charge in [-0.05, 0) is 12.1 Å². The van der Waals surface area contributed by atoms with Crippen LogP contribution in [0.5, 0.6) is 0 Å². The minimum Gasteiger partial charge on any atom is -0.376 e. The lowest BCUT2D eigenvalue weighted by atomic mass is 10.2. The number of anilines is 2. The predicted molar refractivity (Wildman–Crippen MR) is 61.4 cm³/mol. The monoisotopic (exact) mass is 205 g/mol. The number of para-hydroxylation sites is 2. The van der Waals surface area contributed by atoms with Gasteiger partial charge in [-0.3, -0.25) is 0 Å². The Labute approximate surface area is 89.5 Å². The Hall–Kier alpha value is -1.71. The smallest absolute Gasteiger partial charge is 0.322 e. The van der Waals surface area contributed by atoms with E-state index >= 15 is 0 Å². The zero-order valence-corrected chi connectivity index (χ0v) is 9.03. The SMILES string of the molecule is CN(C)c1ccccc1NC(=O)N1CC1. The summed E-state index contributed by atoms with van der Waals surface area (Å²) in [5, 5.41) is 2.90. The fraction of sp³-hybridized carbons (Fsp3) is 0.364. The molecule has 0 spiro atoms. The molecule has 1 saturated heterocycles. The van der Waals surface area contributed by atoms with E-state index in [4.69, 9.17) is 0 Å². The van der Waals surface area contributed by atoms with Gasteiger partial charge in [0.05, 0.1) is 11.4 Å². The first-order chi connectivity index (χ1) is 7.18. The lowest BCUT2D eigenvalue weighted by Crippen LogP contribution is -2.20. The topological polar surface area (TPSA) is 35.4 Å².